The summed E-state index contributed by atoms with van der Waals surface area (Å²) in [7, 11) is 0. The normalized spacial score (nSPS) is 13.2. The van der Waals surface area contributed by atoms with Crippen LogP contribution in [-0.4, -0.2) is 17.1 Å². The van der Waals surface area contributed by atoms with Gasteiger partial charge in [0.05, 0.1) is 11.3 Å². The van der Waals surface area contributed by atoms with Gasteiger partial charge in [0, 0.05) is 28.3 Å². The first-order chi connectivity index (χ1) is 11.5. The number of amides is 1. The summed E-state index contributed by atoms with van der Waals surface area (Å²) in [4.78, 5) is 13.8. The van der Waals surface area contributed by atoms with Crippen molar-refractivity contribution in [3.8, 4) is 22.6 Å². The lowest BCUT2D eigenvalue weighted by molar-refractivity contribution is 0.0958. The molecule has 0 N–H and O–H groups in total. The summed E-state index contributed by atoms with van der Waals surface area (Å²) in [6, 6.07) is 15.2. The number of anilines is 1. The molecule has 0 fully saturated rings. The van der Waals surface area contributed by atoms with Crippen molar-refractivity contribution in [1.29, 1.82) is 0 Å². The van der Waals surface area contributed by atoms with Crippen molar-refractivity contribution in [3.05, 3.63) is 59.1 Å². The van der Waals surface area contributed by atoms with Gasteiger partial charge in [0.25, 0.3) is 5.91 Å². The lowest BCUT2D eigenvalue weighted by Crippen LogP contribution is -2.45. The summed E-state index contributed by atoms with van der Waals surface area (Å²) in [5.74, 6) is 0.747. The fraction of sp³-hybridized carbons (Fsp3) is 0.158. The van der Waals surface area contributed by atoms with Crippen LogP contribution < -0.4 is 4.90 Å². The van der Waals surface area contributed by atoms with Crippen LogP contribution >= 0.6 is 11.6 Å². The van der Waals surface area contributed by atoms with Crippen LogP contribution in [0.2, 0.25) is 5.02 Å². The van der Waals surface area contributed by atoms with Gasteiger partial charge in [0.15, 0.2) is 5.76 Å². The molecule has 2 heterocycles. The molecule has 0 unspecified atom stereocenters. The van der Waals surface area contributed by atoms with Gasteiger partial charge in [-0.1, -0.05) is 35.0 Å². The minimum absolute atomic E-state index is 0.0750. The Labute approximate surface area is 144 Å². The number of rotatable bonds is 3. The van der Waals surface area contributed by atoms with E-state index >= 15 is 0 Å². The van der Waals surface area contributed by atoms with Gasteiger partial charge >= 0.3 is 0 Å². The second-order valence-corrected chi connectivity index (χ2v) is 6.52. The Morgan fingerprint density at radius 2 is 1.75 bits per heavy atom. The molecule has 24 heavy (non-hydrogen) atoms. The van der Waals surface area contributed by atoms with Crippen LogP contribution in [0.4, 0.5) is 5.69 Å². The first-order valence-electron chi connectivity index (χ1n) is 7.75. The van der Waals surface area contributed by atoms with Gasteiger partial charge in [-0.2, -0.15) is 0 Å². The van der Waals surface area contributed by atoms with Crippen molar-refractivity contribution in [3.63, 3.8) is 0 Å². The van der Waals surface area contributed by atoms with E-state index < -0.39 is 0 Å². The predicted octanol–water partition coefficient (Wildman–Crippen LogP) is 5.03. The largest absolute Gasteiger partial charge is 0.356 e. The first kappa shape index (κ1) is 15.0. The quantitative estimate of drug-likeness (QED) is 0.672. The Bertz CT molecular complexity index is 929. The number of hydrogen-bond acceptors (Lipinski definition) is 3. The molecule has 0 bridgehead atoms. The minimum atomic E-state index is 0.0750. The van der Waals surface area contributed by atoms with Gasteiger partial charge in [-0.05, 0) is 38.1 Å². The van der Waals surface area contributed by atoms with Crippen molar-refractivity contribution in [2.75, 3.05) is 4.90 Å². The summed E-state index contributed by atoms with van der Waals surface area (Å²) < 4.78 is 5.49. The molecule has 0 atom stereocenters. The monoisotopic (exact) mass is 338 g/mol. The third-order valence-corrected chi connectivity index (χ3v) is 4.41. The van der Waals surface area contributed by atoms with Gasteiger partial charge in [0.1, 0.15) is 5.69 Å². The van der Waals surface area contributed by atoms with Gasteiger partial charge in [0.2, 0.25) is 0 Å². The van der Waals surface area contributed by atoms with Crippen LogP contribution in [0.15, 0.2) is 53.1 Å². The SMILES string of the molecule is CC(C)N1C(=O)c2ccc(-c3cc(-c4ccc(Cl)cc4)no3)cc21. The molecule has 3 aromatic rings. The lowest BCUT2D eigenvalue weighted by Gasteiger charge is -2.37. The van der Waals surface area contributed by atoms with E-state index in [-0.39, 0.29) is 11.9 Å². The average Bonchev–Trinajstić information content (AvgIpc) is 3.04. The van der Waals surface area contributed by atoms with Crippen LogP contribution in [-0.2, 0) is 0 Å². The Kier molecular flexibility index (Phi) is 3.43. The van der Waals surface area contributed by atoms with Gasteiger partial charge < -0.3 is 9.42 Å². The number of fused-ring (bicyclic) bond motifs is 1. The van der Waals surface area contributed by atoms with Crippen LogP contribution in [0.1, 0.15) is 24.2 Å². The highest BCUT2D eigenvalue weighted by atomic mass is 35.5. The van der Waals surface area contributed by atoms with Crippen LogP contribution in [0, 0.1) is 0 Å². The number of carbonyl (C=O) groups excluding carboxylic acids is 1. The number of halogens is 1. The molecular weight excluding hydrogens is 324 g/mol. The zero-order valence-electron chi connectivity index (χ0n) is 13.3. The maximum Gasteiger partial charge on any atom is 0.260 e. The molecule has 0 saturated heterocycles. The van der Waals surface area contributed by atoms with E-state index in [9.17, 15) is 4.79 Å². The standard InChI is InChI=1S/C19H15ClN2O2/c1-11(2)22-17-9-13(5-8-15(17)19(22)23)18-10-16(21-24-18)12-3-6-14(20)7-4-12/h3-11H,1-2H3. The maximum atomic E-state index is 12.0. The minimum Gasteiger partial charge on any atom is -0.356 e. The number of carbonyl (C=O) groups is 1. The summed E-state index contributed by atoms with van der Waals surface area (Å²) in [6.45, 7) is 4.00. The third kappa shape index (κ3) is 2.31. The number of aromatic nitrogens is 1. The maximum absolute atomic E-state index is 12.0. The van der Waals surface area contributed by atoms with E-state index in [0.29, 0.717) is 10.8 Å². The van der Waals surface area contributed by atoms with Crippen LogP contribution in [0.5, 0.6) is 0 Å². The van der Waals surface area contributed by atoms with E-state index in [1.165, 1.54) is 0 Å². The second-order valence-electron chi connectivity index (χ2n) is 6.08. The Hall–Kier alpha value is -2.59. The number of hydrogen-bond donors (Lipinski definition) is 0. The van der Waals surface area contributed by atoms with Crippen molar-refractivity contribution < 1.29 is 9.32 Å². The van der Waals surface area contributed by atoms with E-state index in [4.69, 9.17) is 16.1 Å². The summed E-state index contributed by atoms with van der Waals surface area (Å²) in [6.07, 6.45) is 0. The Morgan fingerprint density at radius 3 is 2.46 bits per heavy atom. The van der Waals surface area contributed by atoms with Crippen molar-refractivity contribution in [2.45, 2.75) is 19.9 Å². The zero-order valence-corrected chi connectivity index (χ0v) is 14.0. The molecular formula is C19H15ClN2O2. The first-order valence-corrected chi connectivity index (χ1v) is 8.13. The zero-order chi connectivity index (χ0) is 16.8. The molecule has 120 valence electrons. The molecule has 4 nitrogen and oxygen atoms in total. The van der Waals surface area contributed by atoms with Crippen molar-refractivity contribution >= 4 is 23.2 Å². The highest BCUT2D eigenvalue weighted by molar-refractivity contribution is 6.30. The Morgan fingerprint density at radius 1 is 1.04 bits per heavy atom. The molecule has 5 heteroatoms. The fourth-order valence-corrected chi connectivity index (χ4v) is 3.06. The molecule has 1 amide bonds. The highest BCUT2D eigenvalue weighted by Gasteiger charge is 2.34. The average molecular weight is 339 g/mol. The molecule has 0 spiro atoms. The van der Waals surface area contributed by atoms with Crippen LogP contribution in [0.3, 0.4) is 0 Å². The summed E-state index contributed by atoms with van der Waals surface area (Å²) >= 11 is 5.91. The van der Waals surface area contributed by atoms with E-state index in [0.717, 1.165) is 28.1 Å². The fourth-order valence-electron chi connectivity index (χ4n) is 2.93. The number of benzene rings is 2. The summed E-state index contributed by atoms with van der Waals surface area (Å²) in [5, 5.41) is 4.82. The van der Waals surface area contributed by atoms with Crippen LogP contribution in [0.25, 0.3) is 22.6 Å². The Balaban J connectivity index is 1.68. The second kappa shape index (κ2) is 5.49. The van der Waals surface area contributed by atoms with E-state index in [1.54, 1.807) is 4.90 Å². The molecule has 0 radical (unpaired) electrons. The molecule has 0 saturated carbocycles. The molecule has 1 aliphatic heterocycles. The molecule has 1 aromatic heterocycles. The lowest BCUT2D eigenvalue weighted by atomic mass is 9.97. The number of nitrogens with zero attached hydrogens (tertiary/aromatic N) is 2. The van der Waals surface area contributed by atoms with Gasteiger partial charge in [-0.3, -0.25) is 4.79 Å². The van der Waals surface area contributed by atoms with Gasteiger partial charge in [-0.15, -0.1) is 0 Å². The predicted molar refractivity (Wildman–Crippen MR) is 94.3 cm³/mol. The molecule has 1 aliphatic rings. The molecule has 4 rings (SSSR count). The summed E-state index contributed by atoms with van der Waals surface area (Å²) in [5.41, 5.74) is 4.29. The van der Waals surface area contributed by atoms with E-state index in [2.05, 4.69) is 5.16 Å². The highest BCUT2D eigenvalue weighted by Crippen LogP contribution is 2.38. The van der Waals surface area contributed by atoms with Crippen molar-refractivity contribution in [1.82, 2.24) is 5.16 Å². The van der Waals surface area contributed by atoms with E-state index in [1.807, 2.05) is 62.4 Å². The third-order valence-electron chi connectivity index (χ3n) is 4.16. The molecule has 2 aromatic carbocycles. The molecule has 0 aliphatic carbocycles. The van der Waals surface area contributed by atoms with Gasteiger partial charge in [-0.25, -0.2) is 0 Å². The topological polar surface area (TPSA) is 46.3 Å². The smallest absolute Gasteiger partial charge is 0.260 e. The van der Waals surface area contributed by atoms with Crippen molar-refractivity contribution in [2.24, 2.45) is 0 Å².